The number of alkyl halides is 3. The maximum Gasteiger partial charge on any atom is 0.423 e. The second-order valence-electron chi connectivity index (χ2n) is 3.90. The zero-order valence-corrected chi connectivity index (χ0v) is 10.9. The number of esters is 1. The molecule has 0 radical (unpaired) electrons. The van der Waals surface area contributed by atoms with Crippen molar-refractivity contribution < 1.29 is 32.9 Å². The van der Waals surface area contributed by atoms with Crippen LogP contribution >= 0.6 is 0 Å². The standard InChI is InChI=1S/C12H17F3O4/c1-4-9(6-5-8(2)10(17)19-3)11(18,7-16)12(13,14)15/h5-6,16,18H,4,7H2,1-3H3/b8-5+,9-6+. The molecule has 0 spiro atoms. The first-order valence-electron chi connectivity index (χ1n) is 5.50. The third-order valence-corrected chi connectivity index (χ3v) is 2.65. The van der Waals surface area contributed by atoms with E-state index in [2.05, 4.69) is 4.74 Å². The summed E-state index contributed by atoms with van der Waals surface area (Å²) in [5, 5.41) is 18.4. The maximum absolute atomic E-state index is 12.7. The molecule has 0 rings (SSSR count). The van der Waals surface area contributed by atoms with E-state index in [0.717, 1.165) is 19.3 Å². The van der Waals surface area contributed by atoms with Crippen molar-refractivity contribution in [1.82, 2.24) is 0 Å². The number of carbonyl (C=O) groups excluding carboxylic acids is 1. The molecule has 4 nitrogen and oxygen atoms in total. The molecule has 0 aromatic heterocycles. The molecule has 1 atom stereocenters. The molecule has 0 aromatic carbocycles. The van der Waals surface area contributed by atoms with Crippen LogP contribution in [0.1, 0.15) is 20.3 Å². The Hall–Kier alpha value is -1.34. The summed E-state index contributed by atoms with van der Waals surface area (Å²) in [4.78, 5) is 11.1. The number of hydrogen-bond acceptors (Lipinski definition) is 4. The monoisotopic (exact) mass is 282 g/mol. The predicted molar refractivity (Wildman–Crippen MR) is 62.2 cm³/mol. The Labute approximate surface area is 109 Å². The number of methoxy groups -OCH3 is 1. The molecule has 0 saturated heterocycles. The lowest BCUT2D eigenvalue weighted by Gasteiger charge is -2.30. The lowest BCUT2D eigenvalue weighted by atomic mass is 9.91. The summed E-state index contributed by atoms with van der Waals surface area (Å²) in [7, 11) is 1.14. The van der Waals surface area contributed by atoms with Crippen LogP contribution in [0.3, 0.4) is 0 Å². The van der Waals surface area contributed by atoms with Gasteiger partial charge in [0.25, 0.3) is 0 Å². The van der Waals surface area contributed by atoms with Gasteiger partial charge in [0.1, 0.15) is 0 Å². The van der Waals surface area contributed by atoms with E-state index in [1.807, 2.05) is 0 Å². The molecule has 1 unspecified atom stereocenters. The summed E-state index contributed by atoms with van der Waals surface area (Å²) in [6, 6.07) is 0. The second kappa shape index (κ2) is 6.72. The van der Waals surface area contributed by atoms with Crippen molar-refractivity contribution >= 4 is 5.97 Å². The van der Waals surface area contributed by atoms with Gasteiger partial charge in [-0.25, -0.2) is 4.79 Å². The molecule has 110 valence electrons. The van der Waals surface area contributed by atoms with E-state index in [1.165, 1.54) is 13.8 Å². The average molecular weight is 282 g/mol. The van der Waals surface area contributed by atoms with Crippen LogP contribution in [0.2, 0.25) is 0 Å². The summed E-state index contributed by atoms with van der Waals surface area (Å²) in [5.41, 5.74) is -3.67. The average Bonchev–Trinajstić information content (AvgIpc) is 2.36. The van der Waals surface area contributed by atoms with Crippen LogP contribution in [0.25, 0.3) is 0 Å². The zero-order valence-electron chi connectivity index (χ0n) is 10.9. The fraction of sp³-hybridized carbons (Fsp3) is 0.583. The van der Waals surface area contributed by atoms with Gasteiger partial charge in [0.05, 0.1) is 13.7 Å². The van der Waals surface area contributed by atoms with Crippen molar-refractivity contribution in [3.63, 3.8) is 0 Å². The highest BCUT2D eigenvalue weighted by Crippen LogP contribution is 2.37. The number of aliphatic hydroxyl groups is 2. The van der Waals surface area contributed by atoms with E-state index < -0.39 is 29.9 Å². The zero-order chi connectivity index (χ0) is 15.3. The lowest BCUT2D eigenvalue weighted by molar-refractivity contribution is -0.255. The first-order chi connectivity index (χ1) is 8.63. The van der Waals surface area contributed by atoms with Crippen molar-refractivity contribution in [2.45, 2.75) is 32.0 Å². The molecule has 7 heteroatoms. The highest BCUT2D eigenvalue weighted by Gasteiger charge is 2.55. The molecule has 0 bridgehead atoms. The van der Waals surface area contributed by atoms with Crippen LogP contribution in [0, 0.1) is 0 Å². The maximum atomic E-state index is 12.7. The fourth-order valence-electron chi connectivity index (χ4n) is 1.38. The van der Waals surface area contributed by atoms with Gasteiger partial charge in [-0.3, -0.25) is 0 Å². The molecule has 0 saturated carbocycles. The minimum Gasteiger partial charge on any atom is -0.466 e. The third-order valence-electron chi connectivity index (χ3n) is 2.65. The Bertz CT molecular complexity index is 385. The Morgan fingerprint density at radius 3 is 2.16 bits per heavy atom. The highest BCUT2D eigenvalue weighted by atomic mass is 19.4. The molecule has 0 amide bonds. The third kappa shape index (κ3) is 4.07. The largest absolute Gasteiger partial charge is 0.466 e. The Morgan fingerprint density at radius 1 is 1.32 bits per heavy atom. The van der Waals surface area contributed by atoms with E-state index in [1.54, 1.807) is 0 Å². The summed E-state index contributed by atoms with van der Waals surface area (Å²) >= 11 is 0. The molecule has 0 fully saturated rings. The van der Waals surface area contributed by atoms with Crippen LogP contribution in [-0.4, -0.2) is 41.7 Å². The molecule has 0 aliphatic heterocycles. The predicted octanol–water partition coefficient (Wildman–Crippen LogP) is 1.73. The lowest BCUT2D eigenvalue weighted by Crippen LogP contribution is -2.50. The van der Waals surface area contributed by atoms with E-state index in [9.17, 15) is 23.1 Å². The number of aliphatic hydroxyl groups excluding tert-OH is 1. The van der Waals surface area contributed by atoms with Crippen molar-refractivity contribution in [1.29, 1.82) is 0 Å². The molecule has 0 aliphatic carbocycles. The SMILES string of the molecule is CC/C(=C\C=C(/C)C(=O)OC)C(O)(CO)C(F)(F)F. The number of halogens is 3. The Balaban J connectivity index is 5.48. The Kier molecular flexibility index (Phi) is 6.24. The van der Waals surface area contributed by atoms with Crippen LogP contribution in [0.5, 0.6) is 0 Å². The minimum atomic E-state index is -5.00. The van der Waals surface area contributed by atoms with Gasteiger partial charge in [-0.2, -0.15) is 13.2 Å². The normalized spacial score (nSPS) is 17.1. The number of rotatable bonds is 5. The molecule has 19 heavy (non-hydrogen) atoms. The van der Waals surface area contributed by atoms with Gasteiger partial charge in [-0.15, -0.1) is 0 Å². The van der Waals surface area contributed by atoms with Crippen molar-refractivity contribution in [3.8, 4) is 0 Å². The van der Waals surface area contributed by atoms with Gasteiger partial charge in [-0.1, -0.05) is 19.1 Å². The molecular formula is C12H17F3O4. The van der Waals surface area contributed by atoms with Gasteiger partial charge in [0.2, 0.25) is 5.60 Å². The van der Waals surface area contributed by atoms with Crippen molar-refractivity contribution in [3.05, 3.63) is 23.3 Å². The topological polar surface area (TPSA) is 66.8 Å². The molecule has 2 N–H and O–H groups in total. The van der Waals surface area contributed by atoms with Crippen LogP contribution < -0.4 is 0 Å². The van der Waals surface area contributed by atoms with E-state index >= 15 is 0 Å². The first kappa shape index (κ1) is 17.7. The summed E-state index contributed by atoms with van der Waals surface area (Å²) < 4.78 is 42.6. The fourth-order valence-corrected chi connectivity index (χ4v) is 1.38. The minimum absolute atomic E-state index is 0.0796. The van der Waals surface area contributed by atoms with Crippen LogP contribution in [0.4, 0.5) is 13.2 Å². The molecule has 0 heterocycles. The summed E-state index contributed by atoms with van der Waals surface area (Å²) in [5.74, 6) is -0.689. The quantitative estimate of drug-likeness (QED) is 0.458. The van der Waals surface area contributed by atoms with Crippen molar-refractivity contribution in [2.24, 2.45) is 0 Å². The number of allylic oxidation sites excluding steroid dienone is 2. The highest BCUT2D eigenvalue weighted by molar-refractivity contribution is 5.87. The van der Waals surface area contributed by atoms with Gasteiger partial charge in [-0.05, 0) is 18.9 Å². The number of carbonyl (C=O) groups is 1. The number of hydrogen-bond donors (Lipinski definition) is 2. The smallest absolute Gasteiger partial charge is 0.423 e. The Morgan fingerprint density at radius 2 is 1.84 bits per heavy atom. The number of ether oxygens (including phenoxy) is 1. The van der Waals surface area contributed by atoms with E-state index in [0.29, 0.717) is 0 Å². The van der Waals surface area contributed by atoms with Gasteiger partial charge in [0.15, 0.2) is 0 Å². The second-order valence-corrected chi connectivity index (χ2v) is 3.90. The molecule has 0 aliphatic rings. The summed E-state index contributed by atoms with van der Waals surface area (Å²) in [6.45, 7) is 1.28. The van der Waals surface area contributed by atoms with E-state index in [4.69, 9.17) is 5.11 Å². The van der Waals surface area contributed by atoms with E-state index in [-0.39, 0.29) is 12.0 Å². The molecular weight excluding hydrogens is 265 g/mol. The van der Waals surface area contributed by atoms with Gasteiger partial charge in [0, 0.05) is 5.57 Å². The summed E-state index contributed by atoms with van der Waals surface area (Å²) in [6.07, 6.45) is -3.06. The first-order valence-corrected chi connectivity index (χ1v) is 5.50. The van der Waals surface area contributed by atoms with Crippen LogP contribution in [0.15, 0.2) is 23.3 Å². The van der Waals surface area contributed by atoms with Gasteiger partial charge < -0.3 is 14.9 Å². The van der Waals surface area contributed by atoms with Gasteiger partial charge >= 0.3 is 12.1 Å². The van der Waals surface area contributed by atoms with Crippen LogP contribution in [-0.2, 0) is 9.53 Å². The molecule has 0 aromatic rings. The van der Waals surface area contributed by atoms with Crippen molar-refractivity contribution in [2.75, 3.05) is 13.7 Å².